The summed E-state index contributed by atoms with van der Waals surface area (Å²) < 4.78 is 0. The van der Waals surface area contributed by atoms with Gasteiger partial charge < -0.3 is 11.1 Å². The van der Waals surface area contributed by atoms with Crippen LogP contribution in [0.15, 0.2) is 0 Å². The summed E-state index contributed by atoms with van der Waals surface area (Å²) in [5, 5.41) is 3.60. The van der Waals surface area contributed by atoms with Crippen LogP contribution >= 0.6 is 0 Å². The molecule has 0 amide bonds. The van der Waals surface area contributed by atoms with Crippen LogP contribution in [0.25, 0.3) is 0 Å². The lowest BCUT2D eigenvalue weighted by Crippen LogP contribution is -2.40. The number of hydrogen-bond acceptors (Lipinski definition) is 3. The Bertz CT molecular complexity index is 199. The van der Waals surface area contributed by atoms with E-state index in [4.69, 9.17) is 5.73 Å². The topological polar surface area (TPSA) is 41.3 Å². The Hall–Kier alpha value is -0.120. The molecule has 3 N–H and O–H groups in total. The van der Waals surface area contributed by atoms with Gasteiger partial charge in [-0.15, -0.1) is 0 Å². The molecule has 14 heavy (non-hydrogen) atoms. The molecular formula is C11H23N3. The minimum atomic E-state index is 0.624. The van der Waals surface area contributed by atoms with Gasteiger partial charge in [0.25, 0.3) is 0 Å². The SMILES string of the molecule is CC(C)N1C[C@H](NCCN)C2(CC2)C1. The Balaban J connectivity index is 1.90. The molecule has 0 bridgehead atoms. The average Bonchev–Trinajstić information content (AvgIpc) is 2.79. The van der Waals surface area contributed by atoms with Crippen LogP contribution in [-0.4, -0.2) is 43.2 Å². The number of nitrogens with two attached hydrogens (primary N) is 1. The van der Waals surface area contributed by atoms with E-state index in [1.54, 1.807) is 0 Å². The molecule has 0 aromatic heterocycles. The van der Waals surface area contributed by atoms with Crippen molar-refractivity contribution in [3.8, 4) is 0 Å². The Morgan fingerprint density at radius 3 is 2.71 bits per heavy atom. The van der Waals surface area contributed by atoms with Crippen LogP contribution in [0.1, 0.15) is 26.7 Å². The quantitative estimate of drug-likeness (QED) is 0.686. The average molecular weight is 197 g/mol. The Labute approximate surface area is 87.0 Å². The van der Waals surface area contributed by atoms with Gasteiger partial charge in [0, 0.05) is 38.3 Å². The molecule has 1 saturated carbocycles. The van der Waals surface area contributed by atoms with Crippen molar-refractivity contribution in [1.82, 2.24) is 10.2 Å². The second kappa shape index (κ2) is 3.80. The zero-order chi connectivity index (χ0) is 10.2. The fourth-order valence-corrected chi connectivity index (χ4v) is 2.61. The molecule has 0 unspecified atom stereocenters. The summed E-state index contributed by atoms with van der Waals surface area (Å²) in [7, 11) is 0. The maximum absolute atomic E-state index is 5.53. The fraction of sp³-hybridized carbons (Fsp3) is 1.00. The van der Waals surface area contributed by atoms with E-state index in [0.29, 0.717) is 17.5 Å². The zero-order valence-electron chi connectivity index (χ0n) is 9.42. The highest BCUT2D eigenvalue weighted by atomic mass is 15.2. The van der Waals surface area contributed by atoms with Crippen molar-refractivity contribution in [3.05, 3.63) is 0 Å². The molecule has 1 aliphatic heterocycles. The first-order valence-corrected chi connectivity index (χ1v) is 5.85. The lowest BCUT2D eigenvalue weighted by atomic mass is 10.0. The van der Waals surface area contributed by atoms with Gasteiger partial charge >= 0.3 is 0 Å². The lowest BCUT2D eigenvalue weighted by Gasteiger charge is -2.20. The molecule has 1 saturated heterocycles. The van der Waals surface area contributed by atoms with Crippen LogP contribution in [0, 0.1) is 5.41 Å². The van der Waals surface area contributed by atoms with Crippen molar-refractivity contribution in [3.63, 3.8) is 0 Å². The molecule has 0 radical (unpaired) electrons. The van der Waals surface area contributed by atoms with Gasteiger partial charge in [0.15, 0.2) is 0 Å². The summed E-state index contributed by atoms with van der Waals surface area (Å²) in [6, 6.07) is 1.39. The third kappa shape index (κ3) is 1.81. The Kier molecular flexibility index (Phi) is 2.82. The van der Waals surface area contributed by atoms with E-state index in [1.165, 1.54) is 25.9 Å². The van der Waals surface area contributed by atoms with Gasteiger partial charge in [-0.25, -0.2) is 0 Å². The Morgan fingerprint density at radius 2 is 2.21 bits per heavy atom. The van der Waals surface area contributed by atoms with Gasteiger partial charge in [0.2, 0.25) is 0 Å². The molecule has 3 nitrogen and oxygen atoms in total. The monoisotopic (exact) mass is 197 g/mol. The van der Waals surface area contributed by atoms with Gasteiger partial charge in [-0.05, 0) is 32.1 Å². The number of rotatable bonds is 4. The van der Waals surface area contributed by atoms with Crippen LogP contribution in [-0.2, 0) is 0 Å². The van der Waals surface area contributed by atoms with E-state index in [1.807, 2.05) is 0 Å². The van der Waals surface area contributed by atoms with Crippen molar-refractivity contribution in [2.24, 2.45) is 11.1 Å². The van der Waals surface area contributed by atoms with Gasteiger partial charge in [-0.1, -0.05) is 0 Å². The molecule has 3 heteroatoms. The lowest BCUT2D eigenvalue weighted by molar-refractivity contribution is 0.260. The molecule has 0 aromatic carbocycles. The first kappa shape index (κ1) is 10.4. The van der Waals surface area contributed by atoms with Crippen molar-refractivity contribution < 1.29 is 0 Å². The van der Waals surface area contributed by atoms with Gasteiger partial charge in [0.05, 0.1) is 0 Å². The second-order valence-electron chi connectivity index (χ2n) is 5.18. The third-order valence-corrected chi connectivity index (χ3v) is 3.83. The molecule has 1 aliphatic carbocycles. The maximum Gasteiger partial charge on any atom is 0.0264 e. The highest BCUT2D eigenvalue weighted by Gasteiger charge is 2.54. The predicted molar refractivity (Wildman–Crippen MR) is 59.2 cm³/mol. The largest absolute Gasteiger partial charge is 0.329 e. The van der Waals surface area contributed by atoms with Crippen molar-refractivity contribution in [1.29, 1.82) is 0 Å². The van der Waals surface area contributed by atoms with E-state index in [9.17, 15) is 0 Å². The molecule has 2 fully saturated rings. The first-order valence-electron chi connectivity index (χ1n) is 5.85. The molecular weight excluding hydrogens is 174 g/mol. The third-order valence-electron chi connectivity index (χ3n) is 3.83. The fourth-order valence-electron chi connectivity index (χ4n) is 2.61. The minimum Gasteiger partial charge on any atom is -0.329 e. The number of hydrogen-bond donors (Lipinski definition) is 2. The molecule has 1 spiro atoms. The number of nitrogens with one attached hydrogen (secondary N) is 1. The van der Waals surface area contributed by atoms with Crippen LogP contribution in [0.2, 0.25) is 0 Å². The summed E-state index contributed by atoms with van der Waals surface area (Å²) in [6.45, 7) is 8.83. The summed E-state index contributed by atoms with van der Waals surface area (Å²) in [4.78, 5) is 2.60. The standard InChI is InChI=1S/C11H23N3/c1-9(2)14-7-10(13-6-5-12)11(8-14)3-4-11/h9-10,13H,3-8,12H2,1-2H3/t10-/m0/s1. The van der Waals surface area contributed by atoms with Gasteiger partial charge in [0.1, 0.15) is 0 Å². The van der Waals surface area contributed by atoms with Crippen molar-refractivity contribution >= 4 is 0 Å². The maximum atomic E-state index is 5.53. The number of nitrogens with zero attached hydrogens (tertiary/aromatic N) is 1. The van der Waals surface area contributed by atoms with Crippen molar-refractivity contribution in [2.75, 3.05) is 26.2 Å². The highest BCUT2D eigenvalue weighted by molar-refractivity contribution is 5.10. The molecule has 2 aliphatic rings. The minimum absolute atomic E-state index is 0.624. The smallest absolute Gasteiger partial charge is 0.0264 e. The molecule has 1 atom stereocenters. The molecule has 82 valence electrons. The van der Waals surface area contributed by atoms with E-state index in [-0.39, 0.29) is 0 Å². The van der Waals surface area contributed by atoms with Crippen molar-refractivity contribution in [2.45, 2.75) is 38.8 Å². The zero-order valence-corrected chi connectivity index (χ0v) is 9.42. The van der Waals surface area contributed by atoms with E-state index < -0.39 is 0 Å². The predicted octanol–water partition coefficient (Wildman–Crippen LogP) is 0.408. The van der Waals surface area contributed by atoms with E-state index >= 15 is 0 Å². The van der Waals surface area contributed by atoms with Crippen LogP contribution < -0.4 is 11.1 Å². The van der Waals surface area contributed by atoms with Crippen LogP contribution in [0.3, 0.4) is 0 Å². The summed E-state index contributed by atoms with van der Waals surface area (Å²) in [5.41, 5.74) is 6.16. The normalized spacial score (nSPS) is 30.4. The number of likely N-dealkylation sites (tertiary alicyclic amines) is 1. The molecule has 0 aromatic rings. The van der Waals surface area contributed by atoms with Gasteiger partial charge in [-0.2, -0.15) is 0 Å². The highest BCUT2D eigenvalue weighted by Crippen LogP contribution is 2.53. The summed E-state index contributed by atoms with van der Waals surface area (Å²) >= 11 is 0. The first-order chi connectivity index (χ1) is 6.68. The second-order valence-corrected chi connectivity index (χ2v) is 5.18. The van der Waals surface area contributed by atoms with Crippen LogP contribution in [0.5, 0.6) is 0 Å². The molecule has 2 rings (SSSR count). The van der Waals surface area contributed by atoms with Gasteiger partial charge in [-0.3, -0.25) is 4.90 Å². The molecule has 1 heterocycles. The summed E-state index contributed by atoms with van der Waals surface area (Å²) in [6.07, 6.45) is 2.83. The van der Waals surface area contributed by atoms with Crippen LogP contribution in [0.4, 0.5) is 0 Å². The Morgan fingerprint density at radius 1 is 1.50 bits per heavy atom. The summed E-state index contributed by atoms with van der Waals surface area (Å²) in [5.74, 6) is 0. The van der Waals surface area contributed by atoms with E-state index in [2.05, 4.69) is 24.1 Å². The van der Waals surface area contributed by atoms with E-state index in [0.717, 1.165) is 13.1 Å².